The SMILES string of the molecule is CCc1nn(C)c(CC(N)C2CC3CC3C2)c1Br. The van der Waals surface area contributed by atoms with Crippen LogP contribution >= 0.6 is 15.9 Å². The first kappa shape index (κ1) is 12.7. The molecule has 2 fully saturated rings. The van der Waals surface area contributed by atoms with Gasteiger partial charge in [0.25, 0.3) is 0 Å². The van der Waals surface area contributed by atoms with Gasteiger partial charge in [0.15, 0.2) is 0 Å². The van der Waals surface area contributed by atoms with Crippen LogP contribution in [0.25, 0.3) is 0 Å². The zero-order chi connectivity index (χ0) is 12.9. The molecule has 0 saturated heterocycles. The summed E-state index contributed by atoms with van der Waals surface area (Å²) in [6.07, 6.45) is 6.12. The van der Waals surface area contributed by atoms with Crippen molar-refractivity contribution in [3.8, 4) is 0 Å². The third-order valence-electron chi connectivity index (χ3n) is 4.82. The monoisotopic (exact) mass is 311 g/mol. The second-order valence-corrected chi connectivity index (χ2v) is 6.83. The van der Waals surface area contributed by atoms with Crippen molar-refractivity contribution in [1.82, 2.24) is 9.78 Å². The van der Waals surface area contributed by atoms with Crippen LogP contribution in [0.5, 0.6) is 0 Å². The summed E-state index contributed by atoms with van der Waals surface area (Å²) in [5.41, 5.74) is 8.83. The largest absolute Gasteiger partial charge is 0.327 e. The number of nitrogens with two attached hydrogens (primary N) is 1. The summed E-state index contributed by atoms with van der Waals surface area (Å²) in [4.78, 5) is 0. The molecule has 3 rings (SSSR count). The number of aromatic nitrogens is 2. The molecule has 2 saturated carbocycles. The van der Waals surface area contributed by atoms with Gasteiger partial charge in [-0.25, -0.2) is 0 Å². The van der Waals surface area contributed by atoms with E-state index in [1.165, 1.54) is 29.4 Å². The molecule has 1 aromatic heterocycles. The molecule has 2 N–H and O–H groups in total. The van der Waals surface area contributed by atoms with Gasteiger partial charge in [0, 0.05) is 19.5 Å². The first-order valence-corrected chi connectivity index (χ1v) is 7.85. The van der Waals surface area contributed by atoms with Crippen molar-refractivity contribution < 1.29 is 0 Å². The van der Waals surface area contributed by atoms with Gasteiger partial charge in [-0.15, -0.1) is 0 Å². The summed E-state index contributed by atoms with van der Waals surface area (Å²) in [5.74, 6) is 2.77. The van der Waals surface area contributed by atoms with Crippen LogP contribution in [0, 0.1) is 17.8 Å². The molecule has 0 aromatic carbocycles. The lowest BCUT2D eigenvalue weighted by molar-refractivity contribution is 0.386. The molecule has 0 aliphatic heterocycles. The Kier molecular flexibility index (Phi) is 3.27. The molecule has 3 atom stereocenters. The van der Waals surface area contributed by atoms with Crippen LogP contribution in [-0.4, -0.2) is 15.8 Å². The minimum Gasteiger partial charge on any atom is -0.327 e. The third-order valence-corrected chi connectivity index (χ3v) is 5.73. The van der Waals surface area contributed by atoms with Gasteiger partial charge >= 0.3 is 0 Å². The van der Waals surface area contributed by atoms with Crippen molar-refractivity contribution >= 4 is 15.9 Å². The van der Waals surface area contributed by atoms with Gasteiger partial charge in [0.1, 0.15) is 0 Å². The van der Waals surface area contributed by atoms with Crippen LogP contribution in [-0.2, 0) is 19.9 Å². The Bertz CT molecular complexity index is 444. The van der Waals surface area contributed by atoms with E-state index in [1.807, 2.05) is 11.7 Å². The third kappa shape index (κ3) is 2.14. The van der Waals surface area contributed by atoms with Crippen LogP contribution < -0.4 is 5.73 Å². The van der Waals surface area contributed by atoms with E-state index >= 15 is 0 Å². The van der Waals surface area contributed by atoms with Crippen molar-refractivity contribution in [3.05, 3.63) is 15.9 Å². The van der Waals surface area contributed by atoms with Crippen LogP contribution in [0.1, 0.15) is 37.6 Å². The van der Waals surface area contributed by atoms with Crippen LogP contribution in [0.3, 0.4) is 0 Å². The van der Waals surface area contributed by atoms with E-state index in [2.05, 4.69) is 28.0 Å². The van der Waals surface area contributed by atoms with Crippen molar-refractivity contribution in [2.45, 2.75) is 45.1 Å². The van der Waals surface area contributed by atoms with Gasteiger partial charge in [0.05, 0.1) is 15.9 Å². The lowest BCUT2D eigenvalue weighted by atomic mass is 9.92. The lowest BCUT2D eigenvalue weighted by Crippen LogP contribution is -2.32. The summed E-state index contributed by atoms with van der Waals surface area (Å²) < 4.78 is 3.17. The number of aryl methyl sites for hydroxylation is 2. The Morgan fingerprint density at radius 1 is 1.39 bits per heavy atom. The average molecular weight is 312 g/mol. The van der Waals surface area contributed by atoms with E-state index in [0.717, 1.165) is 36.3 Å². The van der Waals surface area contributed by atoms with Crippen LogP contribution in [0.2, 0.25) is 0 Å². The van der Waals surface area contributed by atoms with Crippen LogP contribution in [0.4, 0.5) is 0 Å². The first-order chi connectivity index (χ1) is 8.60. The Morgan fingerprint density at radius 3 is 2.61 bits per heavy atom. The van der Waals surface area contributed by atoms with E-state index in [4.69, 9.17) is 5.73 Å². The molecule has 0 radical (unpaired) electrons. The van der Waals surface area contributed by atoms with Crippen molar-refractivity contribution in [3.63, 3.8) is 0 Å². The number of nitrogens with zero attached hydrogens (tertiary/aromatic N) is 2. The normalized spacial score (nSPS) is 31.4. The van der Waals surface area contributed by atoms with Gasteiger partial charge in [-0.1, -0.05) is 6.92 Å². The zero-order valence-corrected chi connectivity index (χ0v) is 12.8. The van der Waals surface area contributed by atoms with Gasteiger partial charge in [-0.3, -0.25) is 4.68 Å². The minimum atomic E-state index is 0.300. The molecule has 2 aliphatic carbocycles. The van der Waals surface area contributed by atoms with Gasteiger partial charge in [0.2, 0.25) is 0 Å². The summed E-state index contributed by atoms with van der Waals surface area (Å²) in [6.45, 7) is 2.14. The highest BCUT2D eigenvalue weighted by Gasteiger charge is 2.47. The molecule has 0 bridgehead atoms. The fourth-order valence-electron chi connectivity index (χ4n) is 3.54. The molecular formula is C14H22BrN3. The standard InChI is InChI=1S/C14H22BrN3/c1-3-12-14(15)13(18(2)17-12)7-11(16)10-5-8-4-9(8)6-10/h8-11H,3-7,16H2,1-2H3. The highest BCUT2D eigenvalue weighted by molar-refractivity contribution is 9.10. The molecule has 1 aromatic rings. The van der Waals surface area contributed by atoms with Crippen LogP contribution in [0.15, 0.2) is 4.47 Å². The Labute approximate surface area is 117 Å². The molecule has 2 aliphatic rings. The quantitative estimate of drug-likeness (QED) is 0.929. The highest BCUT2D eigenvalue weighted by Crippen LogP contribution is 2.55. The fraction of sp³-hybridized carbons (Fsp3) is 0.786. The van der Waals surface area contributed by atoms with Crippen molar-refractivity contribution in [1.29, 1.82) is 0 Å². The van der Waals surface area contributed by atoms with Gasteiger partial charge in [-0.2, -0.15) is 5.10 Å². The summed E-state index contributed by atoms with van der Waals surface area (Å²) in [7, 11) is 2.03. The summed E-state index contributed by atoms with van der Waals surface area (Å²) in [5, 5.41) is 4.55. The Balaban J connectivity index is 1.70. The number of hydrogen-bond acceptors (Lipinski definition) is 2. The number of rotatable bonds is 4. The maximum absolute atomic E-state index is 6.42. The fourth-order valence-corrected chi connectivity index (χ4v) is 4.32. The van der Waals surface area contributed by atoms with E-state index in [0.29, 0.717) is 6.04 Å². The number of fused-ring (bicyclic) bond motifs is 1. The summed E-state index contributed by atoms with van der Waals surface area (Å²) >= 11 is 3.68. The topological polar surface area (TPSA) is 43.8 Å². The minimum absolute atomic E-state index is 0.300. The van der Waals surface area contributed by atoms with Gasteiger partial charge in [-0.05, 0) is 59.4 Å². The lowest BCUT2D eigenvalue weighted by Gasteiger charge is -2.20. The van der Waals surface area contributed by atoms with Crippen molar-refractivity contribution in [2.75, 3.05) is 0 Å². The second-order valence-electron chi connectivity index (χ2n) is 6.04. The Morgan fingerprint density at radius 2 is 2.06 bits per heavy atom. The van der Waals surface area contributed by atoms with E-state index in [9.17, 15) is 0 Å². The van der Waals surface area contributed by atoms with Crippen molar-refractivity contribution in [2.24, 2.45) is 30.5 Å². The maximum atomic E-state index is 6.42. The summed E-state index contributed by atoms with van der Waals surface area (Å²) in [6, 6.07) is 0.300. The molecular weight excluding hydrogens is 290 g/mol. The molecule has 18 heavy (non-hydrogen) atoms. The highest BCUT2D eigenvalue weighted by atomic mass is 79.9. The molecule has 3 nitrogen and oxygen atoms in total. The predicted octanol–water partition coefficient (Wildman–Crippen LogP) is 2.66. The Hall–Kier alpha value is -0.350. The molecule has 1 heterocycles. The smallest absolute Gasteiger partial charge is 0.0766 e. The molecule has 100 valence electrons. The molecule has 4 heteroatoms. The molecule has 0 amide bonds. The maximum Gasteiger partial charge on any atom is 0.0766 e. The van der Waals surface area contributed by atoms with E-state index in [-0.39, 0.29) is 0 Å². The zero-order valence-electron chi connectivity index (χ0n) is 11.2. The number of hydrogen-bond donors (Lipinski definition) is 1. The van der Waals surface area contributed by atoms with Gasteiger partial charge < -0.3 is 5.73 Å². The first-order valence-electron chi connectivity index (χ1n) is 7.06. The second kappa shape index (κ2) is 4.64. The van der Waals surface area contributed by atoms with E-state index < -0.39 is 0 Å². The van der Waals surface area contributed by atoms with E-state index in [1.54, 1.807) is 0 Å². The molecule has 3 unspecified atom stereocenters. The average Bonchev–Trinajstić information content (AvgIpc) is 2.87. The number of halogens is 1. The predicted molar refractivity (Wildman–Crippen MR) is 76.3 cm³/mol. The molecule has 0 spiro atoms.